The molecular formula is C17H18N2O. The summed E-state index contributed by atoms with van der Waals surface area (Å²) in [7, 11) is 0. The largest absolute Gasteiger partial charge is 0.322 e. The Balaban J connectivity index is 1.84. The van der Waals surface area contributed by atoms with Crippen LogP contribution in [0.3, 0.4) is 0 Å². The maximum atomic E-state index is 12.3. The van der Waals surface area contributed by atoms with Crippen molar-refractivity contribution in [3.05, 3.63) is 64.2 Å². The molecule has 1 heterocycles. The number of rotatable bonds is 2. The monoisotopic (exact) mass is 266 g/mol. The van der Waals surface area contributed by atoms with E-state index in [2.05, 4.69) is 10.6 Å². The van der Waals surface area contributed by atoms with Crippen LogP contribution in [-0.4, -0.2) is 5.91 Å². The van der Waals surface area contributed by atoms with Crippen molar-refractivity contribution in [2.75, 3.05) is 5.32 Å². The summed E-state index contributed by atoms with van der Waals surface area (Å²) in [4.78, 5) is 12.3. The topological polar surface area (TPSA) is 41.1 Å². The number of carbonyl (C=O) groups excluding carboxylic acids is 1. The first-order valence-corrected chi connectivity index (χ1v) is 6.85. The van der Waals surface area contributed by atoms with Gasteiger partial charge in [-0.25, -0.2) is 0 Å². The van der Waals surface area contributed by atoms with Crippen molar-refractivity contribution in [1.82, 2.24) is 5.32 Å². The number of aryl methyl sites for hydroxylation is 1. The zero-order valence-corrected chi connectivity index (χ0v) is 11.8. The van der Waals surface area contributed by atoms with E-state index in [-0.39, 0.29) is 5.91 Å². The van der Waals surface area contributed by atoms with Crippen molar-refractivity contribution >= 4 is 11.6 Å². The SMILES string of the molecule is Cc1cccc(NC(=O)c2ccc3c(c2)CNC3)c1C. The molecule has 2 aromatic rings. The zero-order valence-electron chi connectivity index (χ0n) is 11.8. The number of fused-ring (bicyclic) bond motifs is 1. The lowest BCUT2D eigenvalue weighted by Crippen LogP contribution is -2.13. The molecule has 3 nitrogen and oxygen atoms in total. The number of anilines is 1. The van der Waals surface area contributed by atoms with E-state index < -0.39 is 0 Å². The minimum absolute atomic E-state index is 0.0478. The average Bonchev–Trinajstić information content (AvgIpc) is 2.91. The third-order valence-electron chi connectivity index (χ3n) is 3.95. The number of hydrogen-bond acceptors (Lipinski definition) is 2. The Morgan fingerprint density at radius 3 is 2.75 bits per heavy atom. The van der Waals surface area contributed by atoms with Crippen LogP contribution in [0, 0.1) is 13.8 Å². The van der Waals surface area contributed by atoms with Gasteiger partial charge in [0.2, 0.25) is 0 Å². The van der Waals surface area contributed by atoms with Crippen LogP contribution in [0.25, 0.3) is 0 Å². The average molecular weight is 266 g/mol. The number of hydrogen-bond donors (Lipinski definition) is 2. The van der Waals surface area contributed by atoms with Crippen LogP contribution in [0.15, 0.2) is 36.4 Å². The normalized spacial score (nSPS) is 13.1. The van der Waals surface area contributed by atoms with E-state index >= 15 is 0 Å². The maximum Gasteiger partial charge on any atom is 0.255 e. The molecule has 3 rings (SSSR count). The van der Waals surface area contributed by atoms with Gasteiger partial charge in [-0.05, 0) is 54.3 Å². The van der Waals surface area contributed by atoms with Gasteiger partial charge in [-0.15, -0.1) is 0 Å². The van der Waals surface area contributed by atoms with Crippen molar-refractivity contribution < 1.29 is 4.79 Å². The third-order valence-corrected chi connectivity index (χ3v) is 3.95. The molecule has 0 aromatic heterocycles. The van der Waals surface area contributed by atoms with Crippen LogP contribution >= 0.6 is 0 Å². The second-order valence-electron chi connectivity index (χ2n) is 5.29. The first-order valence-electron chi connectivity index (χ1n) is 6.85. The summed E-state index contributed by atoms with van der Waals surface area (Å²) < 4.78 is 0. The Morgan fingerprint density at radius 2 is 1.90 bits per heavy atom. The highest BCUT2D eigenvalue weighted by molar-refractivity contribution is 6.04. The van der Waals surface area contributed by atoms with Gasteiger partial charge < -0.3 is 10.6 Å². The second-order valence-corrected chi connectivity index (χ2v) is 5.29. The Bertz CT molecular complexity index is 677. The molecule has 0 aliphatic carbocycles. The van der Waals surface area contributed by atoms with E-state index in [0.29, 0.717) is 5.56 Å². The van der Waals surface area contributed by atoms with Crippen LogP contribution in [-0.2, 0) is 13.1 Å². The molecule has 0 unspecified atom stereocenters. The molecule has 3 heteroatoms. The molecule has 2 N–H and O–H groups in total. The molecule has 1 aliphatic heterocycles. The van der Waals surface area contributed by atoms with E-state index in [1.54, 1.807) is 0 Å². The summed E-state index contributed by atoms with van der Waals surface area (Å²) >= 11 is 0. The molecule has 0 saturated carbocycles. The Labute approximate surface area is 119 Å². The molecule has 0 atom stereocenters. The van der Waals surface area contributed by atoms with Crippen LogP contribution in [0.2, 0.25) is 0 Å². The van der Waals surface area contributed by atoms with Crippen LogP contribution in [0.5, 0.6) is 0 Å². The minimum atomic E-state index is -0.0478. The van der Waals surface area contributed by atoms with E-state index in [1.807, 2.05) is 50.2 Å². The summed E-state index contributed by atoms with van der Waals surface area (Å²) in [6.07, 6.45) is 0. The van der Waals surface area contributed by atoms with Gasteiger partial charge >= 0.3 is 0 Å². The first-order chi connectivity index (χ1) is 9.65. The van der Waals surface area contributed by atoms with Crippen LogP contribution in [0.1, 0.15) is 32.6 Å². The Hall–Kier alpha value is -2.13. The smallest absolute Gasteiger partial charge is 0.255 e. The molecular weight excluding hydrogens is 248 g/mol. The molecule has 0 saturated heterocycles. The van der Waals surface area contributed by atoms with Crippen molar-refractivity contribution in [3.8, 4) is 0 Å². The zero-order chi connectivity index (χ0) is 14.1. The van der Waals surface area contributed by atoms with Crippen molar-refractivity contribution in [2.24, 2.45) is 0 Å². The fourth-order valence-corrected chi connectivity index (χ4v) is 2.52. The lowest BCUT2D eigenvalue weighted by molar-refractivity contribution is 0.102. The molecule has 0 radical (unpaired) electrons. The van der Waals surface area contributed by atoms with Crippen molar-refractivity contribution in [1.29, 1.82) is 0 Å². The van der Waals surface area contributed by atoms with Gasteiger partial charge in [0.25, 0.3) is 5.91 Å². The van der Waals surface area contributed by atoms with Crippen LogP contribution < -0.4 is 10.6 Å². The lowest BCUT2D eigenvalue weighted by Gasteiger charge is -2.11. The molecule has 20 heavy (non-hydrogen) atoms. The molecule has 102 valence electrons. The number of amides is 1. The van der Waals surface area contributed by atoms with Gasteiger partial charge in [0.1, 0.15) is 0 Å². The fourth-order valence-electron chi connectivity index (χ4n) is 2.52. The Kier molecular flexibility index (Phi) is 3.28. The van der Waals surface area contributed by atoms with Gasteiger partial charge in [0.05, 0.1) is 0 Å². The molecule has 0 bridgehead atoms. The first kappa shape index (κ1) is 12.9. The highest BCUT2D eigenvalue weighted by atomic mass is 16.1. The third kappa shape index (κ3) is 2.32. The molecule has 1 amide bonds. The summed E-state index contributed by atoms with van der Waals surface area (Å²) in [5.41, 5.74) is 6.40. The molecule has 0 spiro atoms. The second kappa shape index (κ2) is 5.10. The summed E-state index contributed by atoms with van der Waals surface area (Å²) in [6.45, 7) is 5.82. The number of benzene rings is 2. The fraction of sp³-hybridized carbons (Fsp3) is 0.235. The van der Waals surface area contributed by atoms with E-state index in [4.69, 9.17) is 0 Å². The van der Waals surface area contributed by atoms with Gasteiger partial charge in [-0.1, -0.05) is 18.2 Å². The Morgan fingerprint density at radius 1 is 1.10 bits per heavy atom. The van der Waals surface area contributed by atoms with Crippen LogP contribution in [0.4, 0.5) is 5.69 Å². The summed E-state index contributed by atoms with van der Waals surface area (Å²) in [5.74, 6) is -0.0478. The molecule has 0 fully saturated rings. The highest BCUT2D eigenvalue weighted by Crippen LogP contribution is 2.21. The highest BCUT2D eigenvalue weighted by Gasteiger charge is 2.14. The van der Waals surface area contributed by atoms with Gasteiger partial charge in [-0.2, -0.15) is 0 Å². The predicted molar refractivity (Wildman–Crippen MR) is 80.9 cm³/mol. The summed E-state index contributed by atoms with van der Waals surface area (Å²) in [5, 5.41) is 6.29. The standard InChI is InChI=1S/C17H18N2O/c1-11-4-3-5-16(12(11)2)19-17(20)13-6-7-14-9-18-10-15(14)8-13/h3-8,18H,9-10H2,1-2H3,(H,19,20). The van der Waals surface area contributed by atoms with Gasteiger partial charge in [-0.3, -0.25) is 4.79 Å². The predicted octanol–water partition coefficient (Wildman–Crippen LogP) is 3.16. The lowest BCUT2D eigenvalue weighted by atomic mass is 10.0. The maximum absolute atomic E-state index is 12.3. The van der Waals surface area contributed by atoms with E-state index in [1.165, 1.54) is 16.7 Å². The molecule has 1 aliphatic rings. The quantitative estimate of drug-likeness (QED) is 0.876. The number of nitrogens with one attached hydrogen (secondary N) is 2. The van der Waals surface area contributed by atoms with Gasteiger partial charge in [0, 0.05) is 24.3 Å². The number of carbonyl (C=O) groups is 1. The molecule has 2 aromatic carbocycles. The van der Waals surface area contributed by atoms with E-state index in [0.717, 1.165) is 24.3 Å². The van der Waals surface area contributed by atoms with Crippen molar-refractivity contribution in [3.63, 3.8) is 0 Å². The van der Waals surface area contributed by atoms with Crippen molar-refractivity contribution in [2.45, 2.75) is 26.9 Å². The van der Waals surface area contributed by atoms with Gasteiger partial charge in [0.15, 0.2) is 0 Å². The minimum Gasteiger partial charge on any atom is -0.322 e. The van der Waals surface area contributed by atoms with E-state index in [9.17, 15) is 4.79 Å². The summed E-state index contributed by atoms with van der Waals surface area (Å²) in [6, 6.07) is 11.9.